The van der Waals surface area contributed by atoms with Gasteiger partial charge in [0.1, 0.15) is 0 Å². The average molecular weight is 401 g/mol. The number of likely N-dealkylation sites (N-methyl/N-ethyl adjacent to an activating group) is 1. The number of carbonyl (C=O) groups excluding carboxylic acids is 2. The van der Waals surface area contributed by atoms with Crippen LogP contribution in [0.5, 0.6) is 0 Å². The smallest absolute Gasteiger partial charge is 0.246 e. The first-order chi connectivity index (χ1) is 13.5. The van der Waals surface area contributed by atoms with Crippen molar-refractivity contribution in [3.8, 4) is 0 Å². The van der Waals surface area contributed by atoms with Crippen LogP contribution >= 0.6 is 0 Å². The third kappa shape index (κ3) is 3.08. The SMILES string of the molecule is CCC(C)(C)NC(=O)[C@H]1CC[C@H]2[C@@H]3CC[C@H]4N(C)C(=O)C=C[C@]4(C)[C@H]3CC[C@]12C. The summed E-state index contributed by atoms with van der Waals surface area (Å²) in [7, 11) is 1.98. The summed E-state index contributed by atoms with van der Waals surface area (Å²) in [6.45, 7) is 11.2. The molecular weight excluding hydrogens is 360 g/mol. The summed E-state index contributed by atoms with van der Waals surface area (Å²) in [4.78, 5) is 27.5. The fourth-order valence-electron chi connectivity index (χ4n) is 7.68. The van der Waals surface area contributed by atoms with Gasteiger partial charge in [0.05, 0.1) is 0 Å². The number of carbonyl (C=O) groups is 2. The predicted molar refractivity (Wildman–Crippen MR) is 116 cm³/mol. The maximum absolute atomic E-state index is 13.2. The Balaban J connectivity index is 1.58. The van der Waals surface area contributed by atoms with Crippen molar-refractivity contribution in [1.82, 2.24) is 10.2 Å². The number of rotatable bonds is 3. The van der Waals surface area contributed by atoms with Crippen molar-refractivity contribution in [3.05, 3.63) is 12.2 Å². The quantitative estimate of drug-likeness (QED) is 0.756. The Morgan fingerprint density at radius 1 is 1.17 bits per heavy atom. The monoisotopic (exact) mass is 400 g/mol. The van der Waals surface area contributed by atoms with E-state index in [2.05, 4.69) is 46.0 Å². The van der Waals surface area contributed by atoms with E-state index in [1.54, 1.807) is 0 Å². The highest BCUT2D eigenvalue weighted by molar-refractivity contribution is 5.89. The minimum absolute atomic E-state index is 0.0808. The zero-order valence-electron chi connectivity index (χ0n) is 19.3. The number of hydrogen-bond acceptors (Lipinski definition) is 2. The van der Waals surface area contributed by atoms with Crippen molar-refractivity contribution < 1.29 is 9.59 Å². The summed E-state index contributed by atoms with van der Waals surface area (Å²) < 4.78 is 0. The van der Waals surface area contributed by atoms with E-state index in [0.29, 0.717) is 23.8 Å². The number of nitrogens with one attached hydrogen (secondary N) is 1. The van der Waals surface area contributed by atoms with E-state index in [1.807, 2.05) is 18.0 Å². The highest BCUT2D eigenvalue weighted by Gasteiger charge is 2.61. The molecule has 1 aliphatic heterocycles. The van der Waals surface area contributed by atoms with Gasteiger partial charge in [-0.25, -0.2) is 0 Å². The van der Waals surface area contributed by atoms with Crippen molar-refractivity contribution in [2.45, 2.75) is 91.1 Å². The van der Waals surface area contributed by atoms with Crippen molar-refractivity contribution in [1.29, 1.82) is 0 Å². The van der Waals surface area contributed by atoms with Crippen LogP contribution in [-0.4, -0.2) is 35.3 Å². The van der Waals surface area contributed by atoms with Crippen molar-refractivity contribution >= 4 is 11.8 Å². The third-order valence-corrected chi connectivity index (χ3v) is 9.79. The second kappa shape index (κ2) is 6.85. The first-order valence-corrected chi connectivity index (χ1v) is 11.8. The normalized spacial score (nSPS) is 44.1. The molecule has 0 radical (unpaired) electrons. The molecule has 4 aliphatic rings. The molecule has 162 valence electrons. The maximum atomic E-state index is 13.2. The summed E-state index contributed by atoms with van der Waals surface area (Å²) in [5, 5.41) is 3.35. The van der Waals surface area contributed by atoms with E-state index in [0.717, 1.165) is 25.7 Å². The molecule has 2 amide bonds. The van der Waals surface area contributed by atoms with E-state index in [-0.39, 0.29) is 34.1 Å². The molecule has 4 rings (SSSR count). The van der Waals surface area contributed by atoms with E-state index in [1.165, 1.54) is 19.3 Å². The molecule has 0 aromatic carbocycles. The Labute approximate surface area is 176 Å². The fraction of sp³-hybridized carbons (Fsp3) is 0.840. The molecule has 4 nitrogen and oxygen atoms in total. The summed E-state index contributed by atoms with van der Waals surface area (Å²) >= 11 is 0. The van der Waals surface area contributed by atoms with Crippen LogP contribution in [0.2, 0.25) is 0 Å². The zero-order valence-corrected chi connectivity index (χ0v) is 19.3. The van der Waals surface area contributed by atoms with E-state index < -0.39 is 0 Å². The lowest BCUT2D eigenvalue weighted by molar-refractivity contribution is -0.142. The van der Waals surface area contributed by atoms with Gasteiger partial charge in [-0.15, -0.1) is 0 Å². The summed E-state index contributed by atoms with van der Waals surface area (Å²) in [6.07, 6.45) is 11.8. The summed E-state index contributed by atoms with van der Waals surface area (Å²) in [5.74, 6) is 2.52. The summed E-state index contributed by atoms with van der Waals surface area (Å²) in [6, 6.07) is 0.330. The van der Waals surface area contributed by atoms with Gasteiger partial charge < -0.3 is 10.2 Å². The molecule has 3 aliphatic carbocycles. The first kappa shape index (κ1) is 20.9. The number of fused-ring (bicyclic) bond motifs is 5. The van der Waals surface area contributed by atoms with Gasteiger partial charge in [-0.2, -0.15) is 0 Å². The molecule has 0 aromatic heterocycles. The molecule has 7 atom stereocenters. The highest BCUT2D eigenvalue weighted by Crippen LogP contribution is 2.65. The van der Waals surface area contributed by atoms with Gasteiger partial charge in [0.2, 0.25) is 11.8 Å². The van der Waals surface area contributed by atoms with Crippen LogP contribution in [0.1, 0.15) is 79.6 Å². The Kier molecular flexibility index (Phi) is 4.94. The van der Waals surface area contributed by atoms with Crippen LogP contribution in [0.15, 0.2) is 12.2 Å². The number of amides is 2. The van der Waals surface area contributed by atoms with Gasteiger partial charge in [0.15, 0.2) is 0 Å². The molecule has 3 saturated carbocycles. The van der Waals surface area contributed by atoms with Crippen LogP contribution in [-0.2, 0) is 9.59 Å². The van der Waals surface area contributed by atoms with E-state index >= 15 is 0 Å². The molecule has 3 fully saturated rings. The zero-order chi connectivity index (χ0) is 21.2. The first-order valence-electron chi connectivity index (χ1n) is 11.8. The van der Waals surface area contributed by atoms with Crippen molar-refractivity contribution in [3.63, 3.8) is 0 Å². The van der Waals surface area contributed by atoms with Gasteiger partial charge in [-0.3, -0.25) is 9.59 Å². The van der Waals surface area contributed by atoms with Gasteiger partial charge in [-0.1, -0.05) is 26.8 Å². The Morgan fingerprint density at radius 3 is 2.59 bits per heavy atom. The second-order valence-corrected chi connectivity index (χ2v) is 11.5. The minimum Gasteiger partial charge on any atom is -0.351 e. The maximum Gasteiger partial charge on any atom is 0.246 e. The molecular formula is C25H40N2O2. The van der Waals surface area contributed by atoms with Crippen molar-refractivity contribution in [2.24, 2.45) is 34.5 Å². The largest absolute Gasteiger partial charge is 0.351 e. The second-order valence-electron chi connectivity index (χ2n) is 11.5. The molecule has 0 spiro atoms. The molecule has 0 unspecified atom stereocenters. The standard InChI is InChI=1S/C25H40N2O2/c1-7-23(2,3)26-22(29)19-10-9-17-16-8-11-20-25(5,15-13-21(28)27(20)6)18(16)12-14-24(17,19)4/h13,15-20H,7-12,14H2,1-6H3,(H,26,29)/t16-,17-,18-,19+,20+,24-,25+/m0/s1. The average Bonchev–Trinajstić information content (AvgIpc) is 3.02. The van der Waals surface area contributed by atoms with Crippen LogP contribution in [0.4, 0.5) is 0 Å². The molecule has 1 heterocycles. The fourth-order valence-corrected chi connectivity index (χ4v) is 7.68. The molecule has 4 heteroatoms. The number of hydrogen-bond donors (Lipinski definition) is 1. The number of nitrogens with zero attached hydrogens (tertiary/aromatic N) is 1. The Morgan fingerprint density at radius 2 is 1.90 bits per heavy atom. The lowest BCUT2D eigenvalue weighted by atomic mass is 9.47. The molecule has 0 saturated heterocycles. The van der Waals surface area contributed by atoms with Gasteiger partial charge in [0, 0.05) is 30.0 Å². The minimum atomic E-state index is -0.127. The lowest BCUT2D eigenvalue weighted by Crippen LogP contribution is -2.60. The Hall–Kier alpha value is -1.32. The topological polar surface area (TPSA) is 49.4 Å². The molecule has 0 bridgehead atoms. The molecule has 1 N–H and O–H groups in total. The van der Waals surface area contributed by atoms with Crippen LogP contribution in [0, 0.1) is 34.5 Å². The van der Waals surface area contributed by atoms with Gasteiger partial charge >= 0.3 is 0 Å². The van der Waals surface area contributed by atoms with Crippen LogP contribution < -0.4 is 5.32 Å². The van der Waals surface area contributed by atoms with E-state index in [4.69, 9.17) is 0 Å². The van der Waals surface area contributed by atoms with Crippen LogP contribution in [0.3, 0.4) is 0 Å². The lowest BCUT2D eigenvalue weighted by Gasteiger charge is -2.60. The van der Waals surface area contributed by atoms with Gasteiger partial charge in [-0.05, 0) is 88.0 Å². The van der Waals surface area contributed by atoms with Crippen molar-refractivity contribution in [2.75, 3.05) is 7.05 Å². The third-order valence-electron chi connectivity index (χ3n) is 9.79. The molecule has 29 heavy (non-hydrogen) atoms. The predicted octanol–water partition coefficient (Wildman–Crippen LogP) is 4.55. The van der Waals surface area contributed by atoms with Crippen LogP contribution in [0.25, 0.3) is 0 Å². The highest BCUT2D eigenvalue weighted by atomic mass is 16.2. The van der Waals surface area contributed by atoms with E-state index in [9.17, 15) is 9.59 Å². The summed E-state index contributed by atoms with van der Waals surface area (Å²) in [5.41, 5.74) is 0.0775. The van der Waals surface area contributed by atoms with Gasteiger partial charge in [0.25, 0.3) is 0 Å². The molecule has 0 aromatic rings. The Bertz CT molecular complexity index is 728.